The summed E-state index contributed by atoms with van der Waals surface area (Å²) in [7, 11) is 0. The van der Waals surface area contributed by atoms with Crippen molar-refractivity contribution in [3.05, 3.63) is 38.4 Å². The molecule has 0 aliphatic heterocycles. The first-order chi connectivity index (χ1) is 7.58. The highest BCUT2D eigenvalue weighted by molar-refractivity contribution is 9.11. The van der Waals surface area contributed by atoms with Gasteiger partial charge in [0.2, 0.25) is 0 Å². The zero-order valence-corrected chi connectivity index (χ0v) is 11.8. The lowest BCUT2D eigenvalue weighted by Gasteiger charge is -2.03. The monoisotopic (exact) mass is 361 g/mol. The van der Waals surface area contributed by atoms with E-state index >= 15 is 0 Å². The number of anilines is 1. The summed E-state index contributed by atoms with van der Waals surface area (Å²) < 4.78 is 1.52. The third-order valence-electron chi connectivity index (χ3n) is 1.95. The normalized spacial score (nSPS) is 10.4. The Balaban J connectivity index is 2.50. The SMILES string of the molecule is Nc1nc(-c2ccc(Br)c(Cl)c2)ncc1Br. The molecule has 0 aliphatic rings. The second-order valence-electron chi connectivity index (χ2n) is 3.06. The minimum atomic E-state index is 0.407. The largest absolute Gasteiger partial charge is 0.383 e. The van der Waals surface area contributed by atoms with Crippen LogP contribution in [0.4, 0.5) is 5.82 Å². The predicted octanol–water partition coefficient (Wildman–Crippen LogP) is 3.90. The van der Waals surface area contributed by atoms with Crippen LogP contribution in [0.2, 0.25) is 5.02 Å². The lowest BCUT2D eigenvalue weighted by atomic mass is 10.2. The van der Waals surface area contributed by atoms with Gasteiger partial charge in [0.15, 0.2) is 5.82 Å². The molecule has 16 heavy (non-hydrogen) atoms. The highest BCUT2D eigenvalue weighted by Gasteiger charge is 2.06. The van der Waals surface area contributed by atoms with Crippen molar-refractivity contribution in [2.24, 2.45) is 0 Å². The fourth-order valence-electron chi connectivity index (χ4n) is 1.15. The molecule has 0 atom stereocenters. The Morgan fingerprint density at radius 3 is 2.56 bits per heavy atom. The molecular weight excluding hydrogens is 357 g/mol. The second kappa shape index (κ2) is 4.69. The molecule has 2 aromatic rings. The number of nitrogen functional groups attached to an aromatic ring is 1. The van der Waals surface area contributed by atoms with E-state index in [4.69, 9.17) is 17.3 Å². The number of aromatic nitrogens is 2. The van der Waals surface area contributed by atoms with Crippen molar-refractivity contribution in [1.82, 2.24) is 9.97 Å². The molecule has 0 unspecified atom stereocenters. The molecule has 0 saturated carbocycles. The van der Waals surface area contributed by atoms with Crippen LogP contribution in [0.1, 0.15) is 0 Å². The van der Waals surface area contributed by atoms with Crippen molar-refractivity contribution < 1.29 is 0 Å². The first-order valence-corrected chi connectivity index (χ1v) is 6.28. The molecule has 2 rings (SSSR count). The molecule has 3 nitrogen and oxygen atoms in total. The van der Waals surface area contributed by atoms with Gasteiger partial charge in [-0.3, -0.25) is 0 Å². The molecule has 6 heteroatoms. The lowest BCUT2D eigenvalue weighted by Crippen LogP contribution is -1.96. The van der Waals surface area contributed by atoms with Gasteiger partial charge in [-0.15, -0.1) is 0 Å². The topological polar surface area (TPSA) is 51.8 Å². The molecule has 82 valence electrons. The molecule has 2 N–H and O–H groups in total. The van der Waals surface area contributed by atoms with Crippen molar-refractivity contribution in [3.8, 4) is 11.4 Å². The molecule has 0 aliphatic carbocycles. The fraction of sp³-hybridized carbons (Fsp3) is 0. The van der Waals surface area contributed by atoms with E-state index in [2.05, 4.69) is 41.8 Å². The molecule has 1 aromatic heterocycles. The summed E-state index contributed by atoms with van der Waals surface area (Å²) in [5.41, 5.74) is 6.51. The van der Waals surface area contributed by atoms with Gasteiger partial charge >= 0.3 is 0 Å². The summed E-state index contributed by atoms with van der Waals surface area (Å²) in [4.78, 5) is 8.33. The van der Waals surface area contributed by atoms with Crippen LogP contribution in [0.15, 0.2) is 33.3 Å². The molecule has 1 heterocycles. The summed E-state index contributed by atoms with van der Waals surface area (Å²) in [6, 6.07) is 5.51. The quantitative estimate of drug-likeness (QED) is 0.836. The van der Waals surface area contributed by atoms with Gasteiger partial charge in [0.1, 0.15) is 5.82 Å². The van der Waals surface area contributed by atoms with Crippen LogP contribution in [0.5, 0.6) is 0 Å². The Hall–Kier alpha value is -0.650. The zero-order valence-electron chi connectivity index (χ0n) is 7.92. The molecule has 1 aromatic carbocycles. The molecular formula is C10H6Br2ClN3. The Bertz CT molecular complexity index is 496. The van der Waals surface area contributed by atoms with E-state index in [9.17, 15) is 0 Å². The van der Waals surface area contributed by atoms with Gasteiger partial charge in [-0.05, 0) is 50.1 Å². The third-order valence-corrected chi connectivity index (χ3v) is 3.79. The standard InChI is InChI=1S/C10H6Br2ClN3/c11-6-2-1-5(3-8(6)13)10-15-4-7(12)9(14)16-10/h1-4H,(H2,14,15,16). The molecule has 0 saturated heterocycles. The summed E-state index contributed by atoms with van der Waals surface area (Å²) in [6.45, 7) is 0. The average molecular weight is 363 g/mol. The van der Waals surface area contributed by atoms with Gasteiger partial charge in [-0.25, -0.2) is 9.97 Å². The van der Waals surface area contributed by atoms with E-state index in [0.29, 0.717) is 21.1 Å². The zero-order chi connectivity index (χ0) is 11.7. The number of rotatable bonds is 1. The highest BCUT2D eigenvalue weighted by atomic mass is 79.9. The van der Waals surface area contributed by atoms with E-state index in [1.807, 2.05) is 12.1 Å². The van der Waals surface area contributed by atoms with Crippen molar-refractivity contribution in [2.75, 3.05) is 5.73 Å². The summed E-state index contributed by atoms with van der Waals surface area (Å²) >= 11 is 12.6. The summed E-state index contributed by atoms with van der Waals surface area (Å²) in [6.07, 6.45) is 1.62. The number of nitrogens with zero attached hydrogens (tertiary/aromatic N) is 2. The van der Waals surface area contributed by atoms with Crippen LogP contribution >= 0.6 is 43.5 Å². The maximum Gasteiger partial charge on any atom is 0.161 e. The van der Waals surface area contributed by atoms with E-state index in [1.54, 1.807) is 12.3 Å². The number of hydrogen-bond acceptors (Lipinski definition) is 3. The number of halogens is 3. The maximum atomic E-state index is 5.99. The van der Waals surface area contributed by atoms with Gasteiger partial charge in [-0.1, -0.05) is 11.6 Å². The van der Waals surface area contributed by atoms with Crippen molar-refractivity contribution in [2.45, 2.75) is 0 Å². The number of benzene rings is 1. The van der Waals surface area contributed by atoms with Crippen LogP contribution in [-0.2, 0) is 0 Å². The van der Waals surface area contributed by atoms with Gasteiger partial charge in [0.25, 0.3) is 0 Å². The van der Waals surface area contributed by atoms with E-state index in [0.717, 1.165) is 10.0 Å². The number of hydrogen-bond donors (Lipinski definition) is 1. The second-order valence-corrected chi connectivity index (χ2v) is 5.17. The van der Waals surface area contributed by atoms with Gasteiger partial charge in [0.05, 0.1) is 9.50 Å². The Labute approximate surface area is 114 Å². The van der Waals surface area contributed by atoms with Crippen LogP contribution in [0, 0.1) is 0 Å². The molecule has 0 radical (unpaired) electrons. The minimum absolute atomic E-state index is 0.407. The number of nitrogens with two attached hydrogens (primary N) is 1. The third kappa shape index (κ3) is 2.36. The molecule has 0 spiro atoms. The van der Waals surface area contributed by atoms with Crippen molar-refractivity contribution in [1.29, 1.82) is 0 Å². The first kappa shape index (κ1) is 11.8. The smallest absolute Gasteiger partial charge is 0.161 e. The maximum absolute atomic E-state index is 5.99. The predicted molar refractivity (Wildman–Crippen MR) is 72.3 cm³/mol. The first-order valence-electron chi connectivity index (χ1n) is 4.31. The summed E-state index contributed by atoms with van der Waals surface area (Å²) in [5, 5.41) is 0.614. The van der Waals surface area contributed by atoms with Crippen LogP contribution in [0.25, 0.3) is 11.4 Å². The average Bonchev–Trinajstić information content (AvgIpc) is 2.26. The van der Waals surface area contributed by atoms with E-state index in [1.165, 1.54) is 0 Å². The molecule has 0 fully saturated rings. The Morgan fingerprint density at radius 1 is 1.19 bits per heavy atom. The van der Waals surface area contributed by atoms with Gasteiger partial charge in [0, 0.05) is 16.2 Å². The van der Waals surface area contributed by atoms with Gasteiger partial charge in [-0.2, -0.15) is 0 Å². The molecule has 0 bridgehead atoms. The summed E-state index contributed by atoms with van der Waals surface area (Å²) in [5.74, 6) is 0.958. The Morgan fingerprint density at radius 2 is 1.94 bits per heavy atom. The van der Waals surface area contributed by atoms with E-state index in [-0.39, 0.29) is 0 Å². The van der Waals surface area contributed by atoms with E-state index < -0.39 is 0 Å². The van der Waals surface area contributed by atoms with Crippen LogP contribution < -0.4 is 5.73 Å². The van der Waals surface area contributed by atoms with Crippen LogP contribution in [-0.4, -0.2) is 9.97 Å². The van der Waals surface area contributed by atoms with Crippen molar-refractivity contribution in [3.63, 3.8) is 0 Å². The van der Waals surface area contributed by atoms with Crippen molar-refractivity contribution >= 4 is 49.3 Å². The minimum Gasteiger partial charge on any atom is -0.383 e. The van der Waals surface area contributed by atoms with Crippen LogP contribution in [0.3, 0.4) is 0 Å². The highest BCUT2D eigenvalue weighted by Crippen LogP contribution is 2.28. The molecule has 0 amide bonds. The Kier molecular flexibility index (Phi) is 3.47. The fourth-order valence-corrected chi connectivity index (χ4v) is 1.77. The van der Waals surface area contributed by atoms with Gasteiger partial charge < -0.3 is 5.73 Å². The lowest BCUT2D eigenvalue weighted by molar-refractivity contribution is 1.17.